The lowest BCUT2D eigenvalue weighted by atomic mass is 9.67. The van der Waals surface area contributed by atoms with Gasteiger partial charge < -0.3 is 0 Å². The van der Waals surface area contributed by atoms with Crippen molar-refractivity contribution in [3.63, 3.8) is 0 Å². The number of hydrogen-bond acceptors (Lipinski definition) is 1. The Morgan fingerprint density at radius 2 is 1.14 bits per heavy atom. The summed E-state index contributed by atoms with van der Waals surface area (Å²) in [6.45, 7) is 7.31. The van der Waals surface area contributed by atoms with E-state index in [-0.39, 0.29) is 0 Å². The summed E-state index contributed by atoms with van der Waals surface area (Å²) in [6, 6.07) is 35.0. The van der Waals surface area contributed by atoms with Crippen LogP contribution in [0.4, 0.5) is 5.69 Å². The summed E-state index contributed by atoms with van der Waals surface area (Å²) in [5.41, 5.74) is 7.92. The molecule has 4 aromatic rings. The van der Waals surface area contributed by atoms with E-state index in [1.54, 1.807) is 0 Å². The van der Waals surface area contributed by atoms with E-state index in [9.17, 15) is 5.26 Å². The van der Waals surface area contributed by atoms with Crippen LogP contribution >= 0.6 is 0 Å². The number of nitriles is 1. The van der Waals surface area contributed by atoms with Gasteiger partial charge in [0.25, 0.3) is 0 Å². The molecule has 2 heteroatoms. The molecule has 29 heavy (non-hydrogen) atoms. The van der Waals surface area contributed by atoms with Crippen LogP contribution in [-0.2, 0) is 5.41 Å². The Hall–Kier alpha value is -4.14. The van der Waals surface area contributed by atoms with Crippen LogP contribution in [0.15, 0.2) is 97.1 Å². The molecule has 0 N–H and O–H groups in total. The van der Waals surface area contributed by atoms with Gasteiger partial charge in [0.1, 0.15) is 0 Å². The van der Waals surface area contributed by atoms with Gasteiger partial charge in [-0.15, -0.1) is 0 Å². The lowest BCUT2D eigenvalue weighted by Gasteiger charge is -2.34. The second-order valence-electron chi connectivity index (χ2n) is 7.19. The third-order valence-electron chi connectivity index (χ3n) is 5.83. The van der Waals surface area contributed by atoms with Gasteiger partial charge in [0.15, 0.2) is 5.69 Å². The number of hydrogen-bond donors (Lipinski definition) is 0. The SMILES string of the molecule is [C-]#[N+]c1ccc(C2(c3ccc(C#N)cc3)c3ccccc3-c3ccccc32)cc1. The first-order valence-electron chi connectivity index (χ1n) is 9.47. The van der Waals surface area contributed by atoms with Gasteiger partial charge in [-0.05, 0) is 45.5 Å². The zero-order valence-corrected chi connectivity index (χ0v) is 15.6. The Morgan fingerprint density at radius 1 is 0.655 bits per heavy atom. The molecule has 0 radical (unpaired) electrons. The summed E-state index contributed by atoms with van der Waals surface area (Å²) in [6.07, 6.45) is 0. The van der Waals surface area contributed by atoms with Gasteiger partial charge in [-0.25, -0.2) is 4.85 Å². The molecule has 5 rings (SSSR count). The third-order valence-corrected chi connectivity index (χ3v) is 5.83. The fourth-order valence-corrected chi connectivity index (χ4v) is 4.60. The average Bonchev–Trinajstić information content (AvgIpc) is 3.11. The molecule has 0 atom stereocenters. The van der Waals surface area contributed by atoms with Crippen molar-refractivity contribution in [1.82, 2.24) is 0 Å². The standard InChI is InChI=1S/C27H16N2/c1-29-22-16-14-21(15-17-22)27(20-12-10-19(18-28)11-13-20)25-8-4-2-6-23(25)24-7-3-5-9-26(24)27/h2-17H. The van der Waals surface area contributed by atoms with Crippen molar-refractivity contribution in [2.45, 2.75) is 5.41 Å². The van der Waals surface area contributed by atoms with E-state index in [2.05, 4.69) is 83.7 Å². The zero-order valence-electron chi connectivity index (χ0n) is 15.6. The third kappa shape index (κ3) is 2.34. The number of nitrogens with zero attached hydrogens (tertiary/aromatic N) is 2. The predicted molar refractivity (Wildman–Crippen MR) is 115 cm³/mol. The van der Waals surface area contributed by atoms with Gasteiger partial charge in [0, 0.05) is 0 Å². The molecule has 0 aliphatic heterocycles. The van der Waals surface area contributed by atoms with Gasteiger partial charge in [0.2, 0.25) is 0 Å². The molecule has 0 saturated heterocycles. The van der Waals surface area contributed by atoms with Crippen LogP contribution in [0.3, 0.4) is 0 Å². The van der Waals surface area contributed by atoms with Crippen LogP contribution < -0.4 is 0 Å². The molecule has 134 valence electrons. The minimum Gasteiger partial charge on any atom is -0.238 e. The molecule has 4 aromatic carbocycles. The average molecular weight is 368 g/mol. The fraction of sp³-hybridized carbons (Fsp3) is 0.0370. The molecular formula is C27H16N2. The Bertz CT molecular complexity index is 1200. The van der Waals surface area contributed by atoms with E-state index >= 15 is 0 Å². The highest BCUT2D eigenvalue weighted by Gasteiger charge is 2.45. The van der Waals surface area contributed by atoms with Crippen LogP contribution in [0.2, 0.25) is 0 Å². The Kier molecular flexibility index (Phi) is 3.80. The van der Waals surface area contributed by atoms with Gasteiger partial charge in [-0.1, -0.05) is 84.9 Å². The quantitative estimate of drug-likeness (QED) is 0.328. The summed E-state index contributed by atoms with van der Waals surface area (Å²) >= 11 is 0. The molecular weight excluding hydrogens is 352 g/mol. The number of fused-ring (bicyclic) bond motifs is 3. The molecule has 0 unspecified atom stereocenters. The molecule has 0 spiro atoms. The maximum atomic E-state index is 9.27. The van der Waals surface area contributed by atoms with Crippen molar-refractivity contribution in [2.75, 3.05) is 0 Å². The summed E-state index contributed by atoms with van der Waals surface area (Å²) < 4.78 is 0. The van der Waals surface area contributed by atoms with Crippen LogP contribution in [0, 0.1) is 17.9 Å². The van der Waals surface area contributed by atoms with E-state index in [0.29, 0.717) is 11.3 Å². The first kappa shape index (κ1) is 17.0. The van der Waals surface area contributed by atoms with Crippen LogP contribution in [0.25, 0.3) is 16.0 Å². The summed E-state index contributed by atoms with van der Waals surface area (Å²) in [4.78, 5) is 3.56. The minimum atomic E-state index is -0.484. The van der Waals surface area contributed by atoms with Crippen molar-refractivity contribution in [1.29, 1.82) is 5.26 Å². The Morgan fingerprint density at radius 3 is 1.62 bits per heavy atom. The second kappa shape index (κ2) is 6.48. The number of benzene rings is 4. The molecule has 0 saturated carbocycles. The van der Waals surface area contributed by atoms with Crippen molar-refractivity contribution in [2.24, 2.45) is 0 Å². The van der Waals surface area contributed by atoms with E-state index in [4.69, 9.17) is 6.57 Å². The molecule has 1 aliphatic rings. The fourth-order valence-electron chi connectivity index (χ4n) is 4.60. The zero-order chi connectivity index (χ0) is 19.8. The monoisotopic (exact) mass is 368 g/mol. The molecule has 1 aliphatic carbocycles. The largest absolute Gasteiger partial charge is 0.238 e. The molecule has 0 bridgehead atoms. The molecule has 2 nitrogen and oxygen atoms in total. The van der Waals surface area contributed by atoms with Gasteiger partial charge >= 0.3 is 0 Å². The highest BCUT2D eigenvalue weighted by atomic mass is 14.6. The van der Waals surface area contributed by atoms with Gasteiger partial charge in [0.05, 0.1) is 23.6 Å². The first-order chi connectivity index (χ1) is 14.3. The highest BCUT2D eigenvalue weighted by molar-refractivity contribution is 5.86. The molecule has 0 aromatic heterocycles. The Balaban J connectivity index is 1.91. The number of rotatable bonds is 2. The van der Waals surface area contributed by atoms with Crippen molar-refractivity contribution >= 4 is 5.69 Å². The molecule has 0 heterocycles. The van der Waals surface area contributed by atoms with Crippen molar-refractivity contribution < 1.29 is 0 Å². The topological polar surface area (TPSA) is 28.1 Å². The predicted octanol–water partition coefficient (Wildman–Crippen LogP) is 6.47. The summed E-state index contributed by atoms with van der Waals surface area (Å²) in [7, 11) is 0. The summed E-state index contributed by atoms with van der Waals surface area (Å²) in [5.74, 6) is 0. The van der Waals surface area contributed by atoms with Gasteiger partial charge in [-0.3, -0.25) is 0 Å². The van der Waals surface area contributed by atoms with Crippen LogP contribution in [0.1, 0.15) is 27.8 Å². The summed E-state index contributed by atoms with van der Waals surface area (Å²) in [5, 5.41) is 9.27. The molecule has 0 amide bonds. The highest BCUT2D eigenvalue weighted by Crippen LogP contribution is 2.55. The second-order valence-corrected chi connectivity index (χ2v) is 7.19. The van der Waals surface area contributed by atoms with Gasteiger partial charge in [-0.2, -0.15) is 5.26 Å². The van der Waals surface area contributed by atoms with E-state index in [1.807, 2.05) is 24.3 Å². The normalized spacial score (nSPS) is 13.0. The van der Waals surface area contributed by atoms with E-state index < -0.39 is 5.41 Å². The van der Waals surface area contributed by atoms with Crippen LogP contribution in [-0.4, -0.2) is 0 Å². The maximum absolute atomic E-state index is 9.27. The lowest BCUT2D eigenvalue weighted by molar-refractivity contribution is 0.768. The molecule has 0 fully saturated rings. The van der Waals surface area contributed by atoms with E-state index in [0.717, 1.165) is 11.1 Å². The maximum Gasteiger partial charge on any atom is 0.187 e. The smallest absolute Gasteiger partial charge is 0.187 e. The first-order valence-corrected chi connectivity index (χ1v) is 9.47. The van der Waals surface area contributed by atoms with Crippen LogP contribution in [0.5, 0.6) is 0 Å². The Labute approximate surface area is 170 Å². The minimum absolute atomic E-state index is 0.484. The lowest BCUT2D eigenvalue weighted by Crippen LogP contribution is -2.28. The van der Waals surface area contributed by atoms with E-state index in [1.165, 1.54) is 22.3 Å². The van der Waals surface area contributed by atoms with Crippen molar-refractivity contribution in [3.05, 3.63) is 136 Å². The van der Waals surface area contributed by atoms with Crippen molar-refractivity contribution in [3.8, 4) is 17.2 Å².